The van der Waals surface area contributed by atoms with E-state index in [4.69, 9.17) is 21.1 Å². The number of carbonyl (C=O) groups excluding carboxylic acids is 1. The maximum absolute atomic E-state index is 12.5. The van der Waals surface area contributed by atoms with E-state index >= 15 is 0 Å². The molecular weight excluding hydrogens is 314 g/mol. The minimum atomic E-state index is -0.219. The zero-order valence-corrected chi connectivity index (χ0v) is 13.7. The summed E-state index contributed by atoms with van der Waals surface area (Å²) in [7, 11) is 0. The van der Waals surface area contributed by atoms with Crippen molar-refractivity contribution in [2.45, 2.75) is 19.8 Å². The summed E-state index contributed by atoms with van der Waals surface area (Å²) >= 11 is 6.24. The number of para-hydroxylation sites is 1. The molecule has 1 aliphatic heterocycles. The zero-order valence-electron chi connectivity index (χ0n) is 12.9. The molecule has 2 aromatic rings. The normalized spacial score (nSPS) is 13.3. The molecule has 0 bridgehead atoms. The molecule has 1 amide bonds. The number of anilines is 1. The number of ether oxygens (including phenoxy) is 2. The SMILES string of the molecule is CCc1ccccc1NC(=O)c1cc(Cl)c2c(c1)OCCCO2. The lowest BCUT2D eigenvalue weighted by Crippen LogP contribution is -2.13. The fourth-order valence-corrected chi connectivity index (χ4v) is 2.77. The molecule has 120 valence electrons. The molecule has 0 fully saturated rings. The number of benzene rings is 2. The Kier molecular flexibility index (Phi) is 4.72. The molecule has 2 aromatic carbocycles. The van der Waals surface area contributed by atoms with Crippen LogP contribution in [0, 0.1) is 0 Å². The predicted octanol–water partition coefficient (Wildman–Crippen LogP) is 4.32. The number of hydrogen-bond donors (Lipinski definition) is 1. The van der Waals surface area contributed by atoms with Crippen molar-refractivity contribution >= 4 is 23.2 Å². The van der Waals surface area contributed by atoms with Gasteiger partial charge in [-0.25, -0.2) is 0 Å². The number of halogens is 1. The number of rotatable bonds is 3. The van der Waals surface area contributed by atoms with E-state index in [1.807, 2.05) is 24.3 Å². The number of hydrogen-bond acceptors (Lipinski definition) is 3. The number of aryl methyl sites for hydroxylation is 1. The van der Waals surface area contributed by atoms with Crippen LogP contribution in [0.4, 0.5) is 5.69 Å². The van der Waals surface area contributed by atoms with E-state index in [1.165, 1.54) is 0 Å². The van der Waals surface area contributed by atoms with E-state index < -0.39 is 0 Å². The van der Waals surface area contributed by atoms with Crippen molar-refractivity contribution in [2.24, 2.45) is 0 Å². The van der Waals surface area contributed by atoms with Crippen molar-refractivity contribution in [3.05, 3.63) is 52.5 Å². The minimum absolute atomic E-state index is 0.219. The second-order valence-electron chi connectivity index (χ2n) is 5.30. The summed E-state index contributed by atoms with van der Waals surface area (Å²) in [5.74, 6) is 0.807. The third-order valence-electron chi connectivity index (χ3n) is 3.71. The first kappa shape index (κ1) is 15.7. The highest BCUT2D eigenvalue weighted by molar-refractivity contribution is 6.32. The molecule has 1 aliphatic rings. The Hall–Kier alpha value is -2.20. The van der Waals surface area contributed by atoms with E-state index in [0.29, 0.717) is 35.3 Å². The van der Waals surface area contributed by atoms with Crippen molar-refractivity contribution in [1.29, 1.82) is 0 Å². The Labute approximate surface area is 140 Å². The fraction of sp³-hybridized carbons (Fsp3) is 0.278. The first-order chi connectivity index (χ1) is 11.2. The van der Waals surface area contributed by atoms with Gasteiger partial charge in [0.2, 0.25) is 0 Å². The van der Waals surface area contributed by atoms with Crippen LogP contribution in [0.1, 0.15) is 29.3 Å². The van der Waals surface area contributed by atoms with Gasteiger partial charge in [-0.05, 0) is 30.2 Å². The first-order valence-corrected chi connectivity index (χ1v) is 8.05. The van der Waals surface area contributed by atoms with Crippen molar-refractivity contribution in [1.82, 2.24) is 0 Å². The van der Waals surface area contributed by atoms with Crippen molar-refractivity contribution < 1.29 is 14.3 Å². The standard InChI is InChI=1S/C18H18ClNO3/c1-2-12-6-3-4-7-15(12)20-18(21)13-10-14(19)17-16(11-13)22-8-5-9-23-17/h3-4,6-7,10-11H,2,5,8-9H2,1H3,(H,20,21). The summed E-state index contributed by atoms with van der Waals surface area (Å²) in [5, 5.41) is 3.32. The summed E-state index contributed by atoms with van der Waals surface area (Å²) < 4.78 is 11.2. The van der Waals surface area contributed by atoms with Gasteiger partial charge in [-0.3, -0.25) is 4.79 Å². The molecule has 0 aromatic heterocycles. The smallest absolute Gasteiger partial charge is 0.255 e. The van der Waals surface area contributed by atoms with Gasteiger partial charge in [0.05, 0.1) is 18.2 Å². The number of fused-ring (bicyclic) bond motifs is 1. The predicted molar refractivity (Wildman–Crippen MR) is 90.8 cm³/mol. The van der Waals surface area contributed by atoms with Gasteiger partial charge in [-0.2, -0.15) is 0 Å². The maximum Gasteiger partial charge on any atom is 0.255 e. The Morgan fingerprint density at radius 1 is 1.22 bits per heavy atom. The van der Waals surface area contributed by atoms with Gasteiger partial charge >= 0.3 is 0 Å². The highest BCUT2D eigenvalue weighted by Gasteiger charge is 2.18. The molecule has 0 atom stereocenters. The molecule has 4 nitrogen and oxygen atoms in total. The van der Waals surface area contributed by atoms with Crippen LogP contribution in [-0.2, 0) is 6.42 Å². The van der Waals surface area contributed by atoms with Crippen LogP contribution in [0.5, 0.6) is 11.5 Å². The fourth-order valence-electron chi connectivity index (χ4n) is 2.51. The molecule has 0 unspecified atom stereocenters. The van der Waals surface area contributed by atoms with E-state index in [9.17, 15) is 4.79 Å². The molecule has 1 heterocycles. The van der Waals surface area contributed by atoms with Gasteiger partial charge in [0.1, 0.15) is 0 Å². The van der Waals surface area contributed by atoms with Crippen molar-refractivity contribution in [2.75, 3.05) is 18.5 Å². The number of nitrogens with one attached hydrogen (secondary N) is 1. The number of amides is 1. The molecule has 0 aliphatic carbocycles. The van der Waals surface area contributed by atoms with Crippen LogP contribution in [-0.4, -0.2) is 19.1 Å². The maximum atomic E-state index is 12.5. The van der Waals surface area contributed by atoms with Gasteiger partial charge in [-0.15, -0.1) is 0 Å². The molecular formula is C18H18ClNO3. The van der Waals surface area contributed by atoms with Gasteiger partial charge in [0.15, 0.2) is 11.5 Å². The monoisotopic (exact) mass is 331 g/mol. The van der Waals surface area contributed by atoms with Gasteiger partial charge in [0.25, 0.3) is 5.91 Å². The van der Waals surface area contributed by atoms with Gasteiger partial charge in [-0.1, -0.05) is 36.7 Å². The molecule has 1 N–H and O–H groups in total. The Morgan fingerprint density at radius 2 is 2.00 bits per heavy atom. The Morgan fingerprint density at radius 3 is 2.83 bits per heavy atom. The van der Waals surface area contributed by atoms with Crippen LogP contribution in [0.2, 0.25) is 5.02 Å². The average Bonchev–Trinajstić information content (AvgIpc) is 2.81. The topological polar surface area (TPSA) is 47.6 Å². The third-order valence-corrected chi connectivity index (χ3v) is 3.99. The van der Waals surface area contributed by atoms with Crippen LogP contribution in [0.15, 0.2) is 36.4 Å². The van der Waals surface area contributed by atoms with E-state index in [1.54, 1.807) is 12.1 Å². The van der Waals surface area contributed by atoms with Crippen LogP contribution < -0.4 is 14.8 Å². The summed E-state index contributed by atoms with van der Waals surface area (Å²) in [6, 6.07) is 11.0. The van der Waals surface area contributed by atoms with E-state index in [2.05, 4.69) is 12.2 Å². The second-order valence-corrected chi connectivity index (χ2v) is 5.71. The second kappa shape index (κ2) is 6.92. The highest BCUT2D eigenvalue weighted by atomic mass is 35.5. The molecule has 23 heavy (non-hydrogen) atoms. The van der Waals surface area contributed by atoms with Crippen LogP contribution in [0.25, 0.3) is 0 Å². The lowest BCUT2D eigenvalue weighted by atomic mass is 10.1. The summed E-state index contributed by atoms with van der Waals surface area (Å²) in [4.78, 5) is 12.5. The molecule has 0 spiro atoms. The third kappa shape index (κ3) is 3.42. The Balaban J connectivity index is 1.88. The zero-order chi connectivity index (χ0) is 16.2. The number of carbonyl (C=O) groups is 1. The lowest BCUT2D eigenvalue weighted by molar-refractivity contribution is 0.102. The molecule has 0 saturated carbocycles. The summed E-state index contributed by atoms with van der Waals surface area (Å²) in [5.41, 5.74) is 2.34. The van der Waals surface area contributed by atoms with Crippen LogP contribution >= 0.6 is 11.6 Å². The minimum Gasteiger partial charge on any atom is -0.489 e. The molecule has 5 heteroatoms. The van der Waals surface area contributed by atoms with Gasteiger partial charge in [0, 0.05) is 17.7 Å². The molecule has 3 rings (SSSR count). The van der Waals surface area contributed by atoms with Crippen molar-refractivity contribution in [3.63, 3.8) is 0 Å². The first-order valence-electron chi connectivity index (χ1n) is 7.67. The summed E-state index contributed by atoms with van der Waals surface area (Å²) in [6.45, 7) is 3.16. The Bertz CT molecular complexity index is 730. The van der Waals surface area contributed by atoms with E-state index in [-0.39, 0.29) is 5.91 Å². The quantitative estimate of drug-likeness (QED) is 0.911. The lowest BCUT2D eigenvalue weighted by Gasteiger charge is -2.13. The van der Waals surface area contributed by atoms with Gasteiger partial charge < -0.3 is 14.8 Å². The van der Waals surface area contributed by atoms with E-state index in [0.717, 1.165) is 24.1 Å². The van der Waals surface area contributed by atoms with Crippen LogP contribution in [0.3, 0.4) is 0 Å². The molecule has 0 saturated heterocycles. The average molecular weight is 332 g/mol. The summed E-state index contributed by atoms with van der Waals surface area (Å²) in [6.07, 6.45) is 1.63. The largest absolute Gasteiger partial charge is 0.489 e. The highest BCUT2D eigenvalue weighted by Crippen LogP contribution is 2.38. The molecule has 0 radical (unpaired) electrons. The van der Waals surface area contributed by atoms with Crippen molar-refractivity contribution in [3.8, 4) is 11.5 Å².